The van der Waals surface area contributed by atoms with Gasteiger partial charge in [-0.25, -0.2) is 4.79 Å². The van der Waals surface area contributed by atoms with Crippen LogP contribution in [-0.4, -0.2) is 28.7 Å². The van der Waals surface area contributed by atoms with Crippen LogP contribution >= 0.6 is 0 Å². The number of benzene rings is 2. The highest BCUT2D eigenvalue weighted by Gasteiger charge is 2.16. The number of carbonyl (C=O) groups is 2. The van der Waals surface area contributed by atoms with Crippen molar-refractivity contribution < 1.29 is 14.3 Å². The van der Waals surface area contributed by atoms with Crippen LogP contribution in [0, 0.1) is 6.92 Å². The summed E-state index contributed by atoms with van der Waals surface area (Å²) in [6, 6.07) is 14.6. The van der Waals surface area contributed by atoms with Crippen molar-refractivity contribution in [1.29, 1.82) is 0 Å². The largest absolute Gasteiger partial charge is 0.451 e. The molecule has 0 aliphatic carbocycles. The van der Waals surface area contributed by atoms with E-state index in [0.29, 0.717) is 11.1 Å². The van der Waals surface area contributed by atoms with Crippen molar-refractivity contribution in [2.45, 2.75) is 6.92 Å². The van der Waals surface area contributed by atoms with E-state index in [9.17, 15) is 9.59 Å². The van der Waals surface area contributed by atoms with E-state index in [4.69, 9.17) is 4.74 Å². The van der Waals surface area contributed by atoms with Gasteiger partial charge >= 0.3 is 5.97 Å². The standard InChI is InChI=1S/C17H15N3O3/c1-11-6-2-4-8-13(11)18-15(21)10-23-17(22)16-12-7-3-5-9-14(12)19-20-16/h2-9H,10H2,1H3,(H,18,21)(H,19,20). The van der Waals surface area contributed by atoms with Crippen LogP contribution in [0.15, 0.2) is 48.5 Å². The first-order chi connectivity index (χ1) is 11.1. The summed E-state index contributed by atoms with van der Waals surface area (Å²) in [5.74, 6) is -1.03. The number of aromatic nitrogens is 2. The van der Waals surface area contributed by atoms with Gasteiger partial charge < -0.3 is 10.1 Å². The van der Waals surface area contributed by atoms with Crippen molar-refractivity contribution in [2.75, 3.05) is 11.9 Å². The molecule has 0 saturated heterocycles. The van der Waals surface area contributed by atoms with E-state index in [1.807, 2.05) is 37.3 Å². The lowest BCUT2D eigenvalue weighted by molar-refractivity contribution is -0.119. The van der Waals surface area contributed by atoms with Gasteiger partial charge in [0.1, 0.15) is 0 Å². The molecule has 1 amide bonds. The highest BCUT2D eigenvalue weighted by molar-refractivity contribution is 6.03. The molecular formula is C17H15N3O3. The summed E-state index contributed by atoms with van der Waals surface area (Å²) in [5, 5.41) is 10.1. The molecule has 0 spiro atoms. The normalized spacial score (nSPS) is 10.5. The summed E-state index contributed by atoms with van der Waals surface area (Å²) in [5.41, 5.74) is 2.54. The summed E-state index contributed by atoms with van der Waals surface area (Å²) in [6.45, 7) is 1.52. The van der Waals surface area contributed by atoms with E-state index < -0.39 is 11.9 Å². The highest BCUT2D eigenvalue weighted by atomic mass is 16.5. The first-order valence-electron chi connectivity index (χ1n) is 7.11. The molecule has 0 unspecified atom stereocenters. The topological polar surface area (TPSA) is 84.1 Å². The first kappa shape index (κ1) is 14.8. The number of fused-ring (bicyclic) bond motifs is 1. The number of hydrogen-bond donors (Lipinski definition) is 2. The fourth-order valence-electron chi connectivity index (χ4n) is 2.22. The number of ether oxygens (including phenoxy) is 1. The molecule has 0 saturated carbocycles. The van der Waals surface area contributed by atoms with E-state index in [-0.39, 0.29) is 12.3 Å². The van der Waals surface area contributed by atoms with Crippen LogP contribution in [0.5, 0.6) is 0 Å². The summed E-state index contributed by atoms with van der Waals surface area (Å²) in [7, 11) is 0. The van der Waals surface area contributed by atoms with Gasteiger partial charge in [-0.15, -0.1) is 0 Å². The highest BCUT2D eigenvalue weighted by Crippen LogP contribution is 2.16. The van der Waals surface area contributed by atoms with Crippen LogP contribution < -0.4 is 5.32 Å². The van der Waals surface area contributed by atoms with Gasteiger partial charge in [-0.05, 0) is 24.6 Å². The Morgan fingerprint density at radius 2 is 1.87 bits per heavy atom. The van der Waals surface area contributed by atoms with Gasteiger partial charge in [-0.1, -0.05) is 36.4 Å². The third-order valence-corrected chi connectivity index (χ3v) is 3.42. The van der Waals surface area contributed by atoms with Crippen LogP contribution in [0.25, 0.3) is 10.9 Å². The quantitative estimate of drug-likeness (QED) is 0.726. The SMILES string of the molecule is Cc1ccccc1NC(=O)COC(=O)c1n[nH]c2ccccc12. The number of H-pyrrole nitrogens is 1. The Labute approximate surface area is 132 Å². The van der Waals surface area contributed by atoms with E-state index in [1.165, 1.54) is 0 Å². The number of para-hydroxylation sites is 2. The maximum Gasteiger partial charge on any atom is 0.359 e. The van der Waals surface area contributed by atoms with E-state index in [0.717, 1.165) is 11.1 Å². The van der Waals surface area contributed by atoms with E-state index in [2.05, 4.69) is 15.5 Å². The molecular weight excluding hydrogens is 294 g/mol. The summed E-state index contributed by atoms with van der Waals surface area (Å²) in [4.78, 5) is 23.9. The fraction of sp³-hybridized carbons (Fsp3) is 0.118. The van der Waals surface area contributed by atoms with Crippen molar-refractivity contribution in [3.8, 4) is 0 Å². The minimum absolute atomic E-state index is 0.171. The van der Waals surface area contributed by atoms with Gasteiger partial charge in [0.15, 0.2) is 12.3 Å². The van der Waals surface area contributed by atoms with Crippen molar-refractivity contribution >= 4 is 28.5 Å². The average Bonchev–Trinajstić information content (AvgIpc) is 2.99. The average molecular weight is 309 g/mol. The molecule has 1 heterocycles. The van der Waals surface area contributed by atoms with Crippen molar-refractivity contribution in [3.05, 3.63) is 59.8 Å². The van der Waals surface area contributed by atoms with Gasteiger partial charge in [0.05, 0.1) is 5.52 Å². The third kappa shape index (κ3) is 3.21. The number of amides is 1. The first-order valence-corrected chi connectivity index (χ1v) is 7.11. The predicted octanol–water partition coefficient (Wildman–Crippen LogP) is 2.67. The number of rotatable bonds is 4. The number of aromatic amines is 1. The lowest BCUT2D eigenvalue weighted by atomic mass is 10.2. The zero-order valence-corrected chi connectivity index (χ0v) is 12.5. The Hall–Kier alpha value is -3.15. The Balaban J connectivity index is 1.63. The number of nitrogens with one attached hydrogen (secondary N) is 2. The molecule has 116 valence electrons. The number of nitrogens with zero attached hydrogens (tertiary/aromatic N) is 1. The number of carbonyl (C=O) groups excluding carboxylic acids is 2. The summed E-state index contributed by atoms with van der Waals surface area (Å²) >= 11 is 0. The smallest absolute Gasteiger partial charge is 0.359 e. The molecule has 23 heavy (non-hydrogen) atoms. The molecule has 0 fully saturated rings. The van der Waals surface area contributed by atoms with Crippen LogP contribution in [-0.2, 0) is 9.53 Å². The van der Waals surface area contributed by atoms with Gasteiger partial charge in [0, 0.05) is 11.1 Å². The second-order valence-electron chi connectivity index (χ2n) is 5.06. The minimum atomic E-state index is -0.637. The summed E-state index contributed by atoms with van der Waals surface area (Å²) in [6.07, 6.45) is 0. The van der Waals surface area contributed by atoms with E-state index in [1.54, 1.807) is 18.2 Å². The minimum Gasteiger partial charge on any atom is -0.451 e. The Morgan fingerprint density at radius 1 is 1.13 bits per heavy atom. The molecule has 6 heteroatoms. The van der Waals surface area contributed by atoms with Crippen molar-refractivity contribution in [1.82, 2.24) is 10.2 Å². The second-order valence-corrected chi connectivity index (χ2v) is 5.06. The zero-order chi connectivity index (χ0) is 16.2. The fourth-order valence-corrected chi connectivity index (χ4v) is 2.22. The zero-order valence-electron chi connectivity index (χ0n) is 12.5. The molecule has 3 rings (SSSR count). The monoisotopic (exact) mass is 309 g/mol. The predicted molar refractivity (Wildman–Crippen MR) is 86.2 cm³/mol. The molecule has 2 N–H and O–H groups in total. The van der Waals surface area contributed by atoms with Crippen LogP contribution in [0.1, 0.15) is 16.1 Å². The molecule has 6 nitrogen and oxygen atoms in total. The molecule has 0 aliphatic heterocycles. The van der Waals surface area contributed by atoms with Crippen LogP contribution in [0.3, 0.4) is 0 Å². The lowest BCUT2D eigenvalue weighted by Crippen LogP contribution is -2.21. The second kappa shape index (κ2) is 6.31. The molecule has 0 bridgehead atoms. The van der Waals surface area contributed by atoms with E-state index >= 15 is 0 Å². The van der Waals surface area contributed by atoms with Gasteiger partial charge in [0.25, 0.3) is 5.91 Å². The molecule has 3 aromatic rings. The van der Waals surface area contributed by atoms with Gasteiger partial charge in [-0.2, -0.15) is 5.10 Å². The molecule has 2 aromatic carbocycles. The Morgan fingerprint density at radius 3 is 2.70 bits per heavy atom. The van der Waals surface area contributed by atoms with Gasteiger partial charge in [0.2, 0.25) is 0 Å². The Kier molecular flexibility index (Phi) is 4.05. The molecule has 0 aliphatic rings. The molecule has 1 aromatic heterocycles. The van der Waals surface area contributed by atoms with Crippen molar-refractivity contribution in [2.24, 2.45) is 0 Å². The maximum atomic E-state index is 12.1. The maximum absolute atomic E-state index is 12.1. The number of esters is 1. The Bertz CT molecular complexity index is 870. The van der Waals surface area contributed by atoms with Crippen molar-refractivity contribution in [3.63, 3.8) is 0 Å². The third-order valence-electron chi connectivity index (χ3n) is 3.42. The summed E-state index contributed by atoms with van der Waals surface area (Å²) < 4.78 is 5.03. The van der Waals surface area contributed by atoms with Crippen LogP contribution in [0.4, 0.5) is 5.69 Å². The number of hydrogen-bond acceptors (Lipinski definition) is 4. The molecule has 0 atom stereocenters. The van der Waals surface area contributed by atoms with Crippen LogP contribution in [0.2, 0.25) is 0 Å². The molecule has 0 radical (unpaired) electrons. The van der Waals surface area contributed by atoms with Gasteiger partial charge in [-0.3, -0.25) is 9.89 Å². The number of anilines is 1. The lowest BCUT2D eigenvalue weighted by Gasteiger charge is -2.08. The number of aryl methyl sites for hydroxylation is 1.